The molecule has 1 atom stereocenters. The minimum absolute atomic E-state index is 0.0656. The summed E-state index contributed by atoms with van der Waals surface area (Å²) in [6, 6.07) is 4.00. The first kappa shape index (κ1) is 16.1. The molecule has 21 heavy (non-hydrogen) atoms. The van der Waals surface area contributed by atoms with E-state index in [1.54, 1.807) is 11.3 Å². The Hall–Kier alpha value is -1.24. The quantitative estimate of drug-likeness (QED) is 0.821. The Morgan fingerprint density at radius 3 is 2.95 bits per heavy atom. The lowest BCUT2D eigenvalue weighted by Gasteiger charge is -2.13. The van der Waals surface area contributed by atoms with Crippen molar-refractivity contribution in [3.63, 3.8) is 0 Å². The lowest BCUT2D eigenvalue weighted by atomic mass is 10.0. The lowest BCUT2D eigenvalue weighted by Crippen LogP contribution is -2.29. The number of nitrogens with zero attached hydrogens (tertiary/aromatic N) is 1. The van der Waals surface area contributed by atoms with E-state index in [0.29, 0.717) is 17.3 Å². The average molecular weight is 324 g/mol. The summed E-state index contributed by atoms with van der Waals surface area (Å²) in [5.74, 6) is 0.258. The third-order valence-corrected chi connectivity index (χ3v) is 5.60. The number of aromatic nitrogens is 1. The van der Waals surface area contributed by atoms with Gasteiger partial charge in [-0.25, -0.2) is 4.98 Å². The van der Waals surface area contributed by atoms with E-state index in [1.165, 1.54) is 11.3 Å². The van der Waals surface area contributed by atoms with Gasteiger partial charge in [0, 0.05) is 13.2 Å². The average Bonchev–Trinajstić information content (AvgIpc) is 3.12. The fraction of sp³-hybridized carbons (Fsp3) is 0.467. The van der Waals surface area contributed by atoms with Crippen LogP contribution in [0.3, 0.4) is 0 Å². The van der Waals surface area contributed by atoms with Crippen molar-refractivity contribution in [1.82, 2.24) is 10.3 Å². The van der Waals surface area contributed by atoms with Crippen molar-refractivity contribution in [1.29, 1.82) is 0 Å². The van der Waals surface area contributed by atoms with Gasteiger partial charge in [-0.05, 0) is 30.7 Å². The van der Waals surface area contributed by atoms with Gasteiger partial charge in [0.2, 0.25) is 0 Å². The van der Waals surface area contributed by atoms with Crippen LogP contribution in [0.25, 0.3) is 9.88 Å². The van der Waals surface area contributed by atoms with Gasteiger partial charge in [-0.1, -0.05) is 19.4 Å². The Morgan fingerprint density at radius 2 is 2.33 bits per heavy atom. The maximum absolute atomic E-state index is 12.3. The maximum atomic E-state index is 12.3. The molecule has 6 heteroatoms. The number of thiazole rings is 1. The molecular formula is C15H20N2O2S2. The summed E-state index contributed by atoms with van der Waals surface area (Å²) in [6.45, 7) is 4.70. The molecule has 0 saturated carbocycles. The molecule has 2 aromatic heterocycles. The number of aliphatic hydroxyl groups excluding tert-OH is 1. The predicted molar refractivity (Wildman–Crippen MR) is 88.0 cm³/mol. The fourth-order valence-electron chi connectivity index (χ4n) is 2.06. The molecule has 2 heterocycles. The second-order valence-corrected chi connectivity index (χ2v) is 6.85. The summed E-state index contributed by atoms with van der Waals surface area (Å²) in [5.41, 5.74) is 0.774. The van der Waals surface area contributed by atoms with Crippen molar-refractivity contribution in [2.45, 2.75) is 26.7 Å². The molecule has 1 unspecified atom stereocenters. The molecule has 0 bridgehead atoms. The van der Waals surface area contributed by atoms with Crippen LogP contribution in [-0.4, -0.2) is 29.1 Å². The van der Waals surface area contributed by atoms with E-state index in [1.807, 2.05) is 24.4 Å². The number of aryl methyl sites for hydroxylation is 1. The highest BCUT2D eigenvalue weighted by Gasteiger charge is 2.17. The molecule has 0 aliphatic heterocycles. The van der Waals surface area contributed by atoms with Crippen LogP contribution in [0.15, 0.2) is 17.5 Å². The third kappa shape index (κ3) is 4.12. The van der Waals surface area contributed by atoms with E-state index in [4.69, 9.17) is 5.11 Å². The number of hydrogen-bond donors (Lipinski definition) is 2. The molecule has 1 amide bonds. The van der Waals surface area contributed by atoms with Gasteiger partial charge in [0.1, 0.15) is 9.88 Å². The van der Waals surface area contributed by atoms with Gasteiger partial charge >= 0.3 is 0 Å². The zero-order chi connectivity index (χ0) is 15.2. The molecule has 0 saturated heterocycles. The van der Waals surface area contributed by atoms with Crippen LogP contribution in [-0.2, 0) is 0 Å². The topological polar surface area (TPSA) is 62.2 Å². The highest BCUT2D eigenvalue weighted by Crippen LogP contribution is 2.30. The molecule has 2 rings (SSSR count). The van der Waals surface area contributed by atoms with Gasteiger partial charge in [0.25, 0.3) is 5.91 Å². The first-order valence-corrected chi connectivity index (χ1v) is 8.75. The maximum Gasteiger partial charge on any atom is 0.263 e. The minimum atomic E-state index is -0.0656. The summed E-state index contributed by atoms with van der Waals surface area (Å²) in [6.07, 6.45) is 1.67. The molecular weight excluding hydrogens is 304 g/mol. The van der Waals surface area contributed by atoms with Gasteiger partial charge in [0.05, 0.1) is 10.6 Å². The summed E-state index contributed by atoms with van der Waals surface area (Å²) in [5, 5.41) is 14.8. The van der Waals surface area contributed by atoms with Crippen LogP contribution in [0.1, 0.15) is 35.1 Å². The summed E-state index contributed by atoms with van der Waals surface area (Å²) >= 11 is 3.06. The fourth-order valence-corrected chi connectivity index (χ4v) is 3.84. The highest BCUT2D eigenvalue weighted by atomic mass is 32.1. The summed E-state index contributed by atoms with van der Waals surface area (Å²) in [7, 11) is 0. The van der Waals surface area contributed by atoms with Crippen molar-refractivity contribution >= 4 is 28.6 Å². The molecule has 2 N–H and O–H groups in total. The van der Waals surface area contributed by atoms with Crippen LogP contribution in [0.2, 0.25) is 0 Å². The number of carbonyl (C=O) groups is 1. The van der Waals surface area contributed by atoms with E-state index < -0.39 is 0 Å². The van der Waals surface area contributed by atoms with E-state index in [2.05, 4.69) is 17.2 Å². The number of carbonyl (C=O) groups excluding carboxylic acids is 1. The second-order valence-electron chi connectivity index (χ2n) is 4.91. The van der Waals surface area contributed by atoms with Crippen molar-refractivity contribution in [3.8, 4) is 9.88 Å². The molecule has 4 nitrogen and oxygen atoms in total. The predicted octanol–water partition coefficient (Wildman–Crippen LogP) is 3.32. The first-order chi connectivity index (χ1) is 10.2. The zero-order valence-corrected chi connectivity index (χ0v) is 13.9. The molecule has 0 radical (unpaired) electrons. The van der Waals surface area contributed by atoms with Gasteiger partial charge < -0.3 is 10.4 Å². The number of rotatable bonds is 7. The Kier molecular flexibility index (Phi) is 5.90. The minimum Gasteiger partial charge on any atom is -0.396 e. The van der Waals surface area contributed by atoms with E-state index in [0.717, 1.165) is 28.4 Å². The monoisotopic (exact) mass is 324 g/mol. The number of amides is 1. The standard InChI is InChI=1S/C15H20N2O2S2/c1-3-11(6-7-18)9-16-14(19)13-10(2)17-15(21-13)12-5-4-8-20-12/h4-5,8,11,18H,3,6-7,9H2,1-2H3,(H,16,19). The Balaban J connectivity index is 2.03. The number of aliphatic hydroxyl groups is 1. The van der Waals surface area contributed by atoms with Gasteiger partial charge in [-0.15, -0.1) is 22.7 Å². The van der Waals surface area contributed by atoms with Crippen molar-refractivity contribution in [2.75, 3.05) is 13.2 Å². The van der Waals surface area contributed by atoms with E-state index in [9.17, 15) is 4.79 Å². The third-order valence-electron chi connectivity index (χ3n) is 3.40. The zero-order valence-electron chi connectivity index (χ0n) is 12.3. The summed E-state index contributed by atoms with van der Waals surface area (Å²) < 4.78 is 0. The molecule has 114 valence electrons. The number of hydrogen-bond acceptors (Lipinski definition) is 5. The van der Waals surface area contributed by atoms with Crippen molar-refractivity contribution in [3.05, 3.63) is 28.1 Å². The molecule has 0 fully saturated rings. The van der Waals surface area contributed by atoms with Crippen LogP contribution >= 0.6 is 22.7 Å². The summed E-state index contributed by atoms with van der Waals surface area (Å²) in [4.78, 5) is 18.5. The van der Waals surface area contributed by atoms with Crippen molar-refractivity contribution in [2.24, 2.45) is 5.92 Å². The van der Waals surface area contributed by atoms with Crippen LogP contribution in [0.5, 0.6) is 0 Å². The second kappa shape index (κ2) is 7.68. The molecule has 0 aromatic carbocycles. The molecule has 2 aromatic rings. The largest absolute Gasteiger partial charge is 0.396 e. The Morgan fingerprint density at radius 1 is 1.52 bits per heavy atom. The molecule has 0 aliphatic rings. The van der Waals surface area contributed by atoms with Crippen molar-refractivity contribution < 1.29 is 9.90 Å². The van der Waals surface area contributed by atoms with Crippen LogP contribution < -0.4 is 5.32 Å². The lowest BCUT2D eigenvalue weighted by molar-refractivity contribution is 0.0947. The van der Waals surface area contributed by atoms with Crippen LogP contribution in [0.4, 0.5) is 0 Å². The smallest absolute Gasteiger partial charge is 0.263 e. The van der Waals surface area contributed by atoms with E-state index in [-0.39, 0.29) is 12.5 Å². The Labute approximate surface area is 132 Å². The van der Waals surface area contributed by atoms with Gasteiger partial charge in [0.15, 0.2) is 0 Å². The SMILES string of the molecule is CCC(CCO)CNC(=O)c1sc(-c2cccs2)nc1C. The van der Waals surface area contributed by atoms with E-state index >= 15 is 0 Å². The van der Waals surface area contributed by atoms with Gasteiger partial charge in [-0.3, -0.25) is 4.79 Å². The Bertz CT molecular complexity index is 579. The first-order valence-electron chi connectivity index (χ1n) is 7.06. The molecule has 0 aliphatic carbocycles. The number of thiophene rings is 1. The van der Waals surface area contributed by atoms with Gasteiger partial charge in [-0.2, -0.15) is 0 Å². The molecule has 0 spiro atoms. The highest BCUT2D eigenvalue weighted by molar-refractivity contribution is 7.22. The number of nitrogens with one attached hydrogen (secondary N) is 1. The van der Waals surface area contributed by atoms with Crippen LogP contribution in [0, 0.1) is 12.8 Å². The normalized spacial score (nSPS) is 12.3.